The van der Waals surface area contributed by atoms with Gasteiger partial charge in [-0.05, 0) is 91.4 Å². The van der Waals surface area contributed by atoms with Gasteiger partial charge in [0.1, 0.15) is 0 Å². The van der Waals surface area contributed by atoms with E-state index in [0.717, 1.165) is 33.0 Å². The number of carbonyl (C=O) groups is 1. The number of amides is 1. The topological polar surface area (TPSA) is 41.1 Å². The van der Waals surface area contributed by atoms with Gasteiger partial charge >= 0.3 is 0 Å². The minimum Gasteiger partial charge on any atom is -0.357 e. The molecule has 140 valence electrons. The fourth-order valence-corrected chi connectivity index (χ4v) is 6.98. The number of halogens is 1. The third-order valence-corrected chi connectivity index (χ3v) is 7.65. The molecule has 0 radical (unpaired) electrons. The van der Waals surface area contributed by atoms with Crippen molar-refractivity contribution in [3.8, 4) is 0 Å². The molecule has 27 heavy (non-hydrogen) atoms. The Balaban J connectivity index is 1.33. The smallest absolute Gasteiger partial charge is 0.258 e. The van der Waals surface area contributed by atoms with Gasteiger partial charge < -0.3 is 5.32 Å². The summed E-state index contributed by atoms with van der Waals surface area (Å²) in [5.74, 6) is 2.40. The van der Waals surface area contributed by atoms with Crippen molar-refractivity contribution in [1.29, 1.82) is 0 Å². The molecular formula is C22H23BrN2OS. The van der Waals surface area contributed by atoms with Crippen LogP contribution < -0.4 is 10.6 Å². The number of benzene rings is 2. The van der Waals surface area contributed by atoms with Crippen LogP contribution in [-0.4, -0.2) is 16.6 Å². The van der Waals surface area contributed by atoms with Crippen molar-refractivity contribution in [2.45, 2.75) is 44.1 Å². The van der Waals surface area contributed by atoms with Gasteiger partial charge in [0.05, 0.1) is 0 Å². The van der Waals surface area contributed by atoms with E-state index >= 15 is 0 Å². The molecule has 0 atom stereocenters. The van der Waals surface area contributed by atoms with E-state index < -0.39 is 0 Å². The lowest BCUT2D eigenvalue weighted by molar-refractivity contribution is -0.0101. The number of rotatable bonds is 2. The summed E-state index contributed by atoms with van der Waals surface area (Å²) in [5, 5.41) is 8.97. The normalized spacial score (nSPS) is 31.1. The van der Waals surface area contributed by atoms with Crippen LogP contribution in [0.25, 0.3) is 10.8 Å². The maximum Gasteiger partial charge on any atom is 0.258 e. The minimum atomic E-state index is -0.138. The molecule has 4 aliphatic rings. The van der Waals surface area contributed by atoms with Gasteiger partial charge in [0.15, 0.2) is 5.11 Å². The summed E-state index contributed by atoms with van der Waals surface area (Å²) in [7, 11) is 0. The van der Waals surface area contributed by atoms with Gasteiger partial charge in [-0.1, -0.05) is 40.2 Å². The maximum atomic E-state index is 12.9. The highest BCUT2D eigenvalue weighted by molar-refractivity contribution is 9.10. The molecule has 0 aliphatic heterocycles. The molecule has 0 aromatic heterocycles. The van der Waals surface area contributed by atoms with Crippen LogP contribution in [0.5, 0.6) is 0 Å². The highest BCUT2D eigenvalue weighted by Crippen LogP contribution is 2.55. The minimum absolute atomic E-state index is 0.112. The van der Waals surface area contributed by atoms with E-state index in [2.05, 4.69) is 26.6 Å². The van der Waals surface area contributed by atoms with Gasteiger partial charge in [0, 0.05) is 15.6 Å². The van der Waals surface area contributed by atoms with Gasteiger partial charge in [0.25, 0.3) is 5.91 Å². The molecule has 2 N–H and O–H groups in total. The van der Waals surface area contributed by atoms with Crippen LogP contribution in [-0.2, 0) is 0 Å². The van der Waals surface area contributed by atoms with E-state index in [1.807, 2.05) is 36.4 Å². The van der Waals surface area contributed by atoms with Gasteiger partial charge in [-0.2, -0.15) is 0 Å². The van der Waals surface area contributed by atoms with Crippen LogP contribution >= 0.6 is 28.1 Å². The average Bonchev–Trinajstić information content (AvgIpc) is 2.59. The van der Waals surface area contributed by atoms with Crippen molar-refractivity contribution in [1.82, 2.24) is 10.6 Å². The van der Waals surface area contributed by atoms with Crippen LogP contribution in [0.2, 0.25) is 0 Å². The number of thiocarbonyl (C=S) groups is 1. The number of carbonyl (C=O) groups excluding carboxylic acids is 1. The standard InChI is InChI=1S/C22H23BrN2OS/c23-19-6-2-3-16-17(19)4-1-5-18(16)20(26)24-21(27)25-22-10-13-7-14(11-22)9-15(8-13)12-22/h1-6,13-15H,7-12H2,(H2,24,25,26,27). The van der Waals surface area contributed by atoms with Crippen molar-refractivity contribution >= 4 is 49.9 Å². The largest absolute Gasteiger partial charge is 0.357 e. The fourth-order valence-electron chi connectivity index (χ4n) is 6.18. The average molecular weight is 443 g/mol. The zero-order valence-electron chi connectivity index (χ0n) is 15.1. The SMILES string of the molecule is O=C(NC(=S)NC12CC3CC(CC(C3)C1)C2)c1cccc2c(Br)cccc12. The molecule has 0 heterocycles. The molecule has 2 aromatic carbocycles. The lowest BCUT2D eigenvalue weighted by atomic mass is 9.53. The molecule has 0 spiro atoms. The Labute approximate surface area is 173 Å². The molecule has 3 nitrogen and oxygen atoms in total. The molecule has 0 unspecified atom stereocenters. The van der Waals surface area contributed by atoms with E-state index in [0.29, 0.717) is 10.7 Å². The first-order chi connectivity index (χ1) is 13.0. The van der Waals surface area contributed by atoms with Crippen LogP contribution in [0.3, 0.4) is 0 Å². The van der Waals surface area contributed by atoms with E-state index in [1.54, 1.807) is 0 Å². The molecule has 0 saturated heterocycles. The Morgan fingerprint density at radius 2 is 1.56 bits per heavy atom. The van der Waals surface area contributed by atoms with Gasteiger partial charge in [-0.15, -0.1) is 0 Å². The summed E-state index contributed by atoms with van der Waals surface area (Å²) < 4.78 is 0.990. The number of hydrogen-bond donors (Lipinski definition) is 2. The molecular weight excluding hydrogens is 420 g/mol. The number of hydrogen-bond acceptors (Lipinski definition) is 2. The van der Waals surface area contributed by atoms with E-state index in [4.69, 9.17) is 12.2 Å². The predicted octanol–water partition coefficient (Wildman–Crippen LogP) is 5.18. The summed E-state index contributed by atoms with van der Waals surface area (Å²) in [6, 6.07) is 11.7. The lowest BCUT2D eigenvalue weighted by Crippen LogP contribution is -2.61. The van der Waals surface area contributed by atoms with Crippen LogP contribution in [0, 0.1) is 17.8 Å². The van der Waals surface area contributed by atoms with Crippen molar-refractivity contribution in [3.63, 3.8) is 0 Å². The van der Waals surface area contributed by atoms with Crippen LogP contribution in [0.15, 0.2) is 40.9 Å². The Morgan fingerprint density at radius 1 is 0.963 bits per heavy atom. The molecule has 1 amide bonds. The van der Waals surface area contributed by atoms with Crippen LogP contribution in [0.4, 0.5) is 0 Å². The first-order valence-electron chi connectivity index (χ1n) is 9.82. The Kier molecular flexibility index (Phi) is 4.28. The zero-order valence-corrected chi connectivity index (χ0v) is 17.5. The summed E-state index contributed by atoms with van der Waals surface area (Å²) in [6.45, 7) is 0. The fraction of sp³-hybridized carbons (Fsp3) is 0.455. The maximum absolute atomic E-state index is 12.9. The third-order valence-electron chi connectivity index (χ3n) is 6.76. The molecule has 2 aromatic rings. The predicted molar refractivity (Wildman–Crippen MR) is 116 cm³/mol. The van der Waals surface area contributed by atoms with Crippen molar-refractivity contribution in [2.75, 3.05) is 0 Å². The van der Waals surface area contributed by atoms with E-state index in [9.17, 15) is 4.79 Å². The second-order valence-corrected chi connectivity index (χ2v) is 10.0. The molecule has 6 rings (SSSR count). The second-order valence-electron chi connectivity index (χ2n) is 8.75. The Morgan fingerprint density at radius 3 is 2.22 bits per heavy atom. The monoisotopic (exact) mass is 442 g/mol. The first kappa shape index (κ1) is 17.6. The quantitative estimate of drug-likeness (QED) is 0.629. The molecule has 4 aliphatic carbocycles. The Bertz CT molecular complexity index is 906. The molecule has 4 bridgehead atoms. The summed E-state index contributed by atoms with van der Waals surface area (Å²) >= 11 is 9.13. The second kappa shape index (κ2) is 6.56. The first-order valence-corrected chi connectivity index (χ1v) is 11.0. The van der Waals surface area contributed by atoms with E-state index in [1.165, 1.54) is 38.5 Å². The van der Waals surface area contributed by atoms with Gasteiger partial charge in [0.2, 0.25) is 0 Å². The summed E-state index contributed by atoms with van der Waals surface area (Å²) in [4.78, 5) is 12.9. The van der Waals surface area contributed by atoms with Gasteiger partial charge in [-0.25, -0.2) is 0 Å². The van der Waals surface area contributed by atoms with Gasteiger partial charge in [-0.3, -0.25) is 10.1 Å². The summed E-state index contributed by atoms with van der Waals surface area (Å²) in [5.41, 5.74) is 0.768. The number of fused-ring (bicyclic) bond motifs is 1. The summed E-state index contributed by atoms with van der Waals surface area (Å²) in [6.07, 6.45) is 7.80. The zero-order chi connectivity index (χ0) is 18.6. The highest BCUT2D eigenvalue weighted by atomic mass is 79.9. The molecule has 4 fully saturated rings. The lowest BCUT2D eigenvalue weighted by Gasteiger charge is -2.57. The van der Waals surface area contributed by atoms with Crippen molar-refractivity contribution in [2.24, 2.45) is 17.8 Å². The van der Waals surface area contributed by atoms with E-state index in [-0.39, 0.29) is 11.4 Å². The molecule has 5 heteroatoms. The van der Waals surface area contributed by atoms with Crippen LogP contribution in [0.1, 0.15) is 48.9 Å². The highest BCUT2D eigenvalue weighted by Gasteiger charge is 2.51. The Hall–Kier alpha value is -1.46. The number of nitrogens with one attached hydrogen (secondary N) is 2. The third kappa shape index (κ3) is 3.19. The molecule has 4 saturated carbocycles. The van der Waals surface area contributed by atoms with Crippen molar-refractivity contribution < 1.29 is 4.79 Å². The van der Waals surface area contributed by atoms with Crippen molar-refractivity contribution in [3.05, 3.63) is 46.4 Å².